The molecule has 1 N–H and O–H groups in total. The van der Waals surface area contributed by atoms with Crippen LogP contribution in [-0.2, 0) is 6.54 Å². The molecule has 1 saturated heterocycles. The van der Waals surface area contributed by atoms with E-state index in [0.29, 0.717) is 6.04 Å². The average molecular weight is 262 g/mol. The number of nitrogens with one attached hydrogen (secondary N) is 1. The van der Waals surface area contributed by atoms with Crippen LogP contribution in [-0.4, -0.2) is 60.1 Å². The molecule has 106 valence electrons. The maximum atomic E-state index is 4.22. The van der Waals surface area contributed by atoms with Crippen molar-refractivity contribution >= 4 is 0 Å². The van der Waals surface area contributed by atoms with Gasteiger partial charge in [0, 0.05) is 50.2 Å². The van der Waals surface area contributed by atoms with E-state index >= 15 is 0 Å². The molecule has 0 amide bonds. The summed E-state index contributed by atoms with van der Waals surface area (Å²) >= 11 is 0. The minimum absolute atomic E-state index is 0.229. The Morgan fingerprint density at radius 2 is 2.26 bits per heavy atom. The smallest absolute Gasteiger partial charge is 0.0352 e. The van der Waals surface area contributed by atoms with Crippen LogP contribution < -0.4 is 5.32 Å². The summed E-state index contributed by atoms with van der Waals surface area (Å²) in [7, 11) is 4.26. The van der Waals surface area contributed by atoms with Gasteiger partial charge in [-0.1, -0.05) is 6.07 Å². The highest BCUT2D eigenvalue weighted by Gasteiger charge is 2.36. The van der Waals surface area contributed by atoms with Gasteiger partial charge in [-0.05, 0) is 39.6 Å². The Bertz CT molecular complexity index is 390. The van der Waals surface area contributed by atoms with Crippen LogP contribution in [0.15, 0.2) is 24.5 Å². The van der Waals surface area contributed by atoms with Crippen LogP contribution in [0.2, 0.25) is 0 Å². The van der Waals surface area contributed by atoms with Gasteiger partial charge >= 0.3 is 0 Å². The molecule has 0 bridgehead atoms. The Morgan fingerprint density at radius 3 is 2.89 bits per heavy atom. The molecule has 4 nitrogen and oxygen atoms in total. The monoisotopic (exact) mass is 262 g/mol. The van der Waals surface area contributed by atoms with Crippen molar-refractivity contribution in [2.75, 3.05) is 33.7 Å². The van der Waals surface area contributed by atoms with Crippen molar-refractivity contribution in [3.8, 4) is 0 Å². The Balaban J connectivity index is 2.10. The molecular weight excluding hydrogens is 236 g/mol. The van der Waals surface area contributed by atoms with Gasteiger partial charge in [0.15, 0.2) is 0 Å². The molecule has 1 unspecified atom stereocenters. The standard InChI is InChI=1S/C15H26N4/c1-15(2)12-19(10-13-6-5-7-17-8-13)14(9-16-3)11-18(15)4/h5-8,14,16H,9-12H2,1-4H3. The fourth-order valence-corrected chi connectivity index (χ4v) is 2.77. The molecule has 0 saturated carbocycles. The van der Waals surface area contributed by atoms with Crippen LogP contribution in [0, 0.1) is 0 Å². The molecule has 1 aromatic rings. The van der Waals surface area contributed by atoms with Crippen molar-refractivity contribution in [3.63, 3.8) is 0 Å². The lowest BCUT2D eigenvalue weighted by atomic mass is 9.95. The van der Waals surface area contributed by atoms with Crippen LogP contribution >= 0.6 is 0 Å². The number of rotatable bonds is 4. The quantitative estimate of drug-likeness (QED) is 0.883. The van der Waals surface area contributed by atoms with Gasteiger partial charge in [-0.2, -0.15) is 0 Å². The third-order valence-corrected chi connectivity index (χ3v) is 4.17. The maximum Gasteiger partial charge on any atom is 0.0352 e. The number of aromatic nitrogens is 1. The van der Waals surface area contributed by atoms with E-state index in [2.05, 4.69) is 47.1 Å². The number of pyridine rings is 1. The molecule has 0 aliphatic carbocycles. The average Bonchev–Trinajstić information content (AvgIpc) is 2.37. The van der Waals surface area contributed by atoms with Gasteiger partial charge in [0.05, 0.1) is 0 Å². The van der Waals surface area contributed by atoms with Gasteiger partial charge in [0.1, 0.15) is 0 Å². The zero-order valence-electron chi connectivity index (χ0n) is 12.6. The first kappa shape index (κ1) is 14.4. The molecule has 2 heterocycles. The lowest BCUT2D eigenvalue weighted by Gasteiger charge is -2.49. The van der Waals surface area contributed by atoms with E-state index in [1.165, 1.54) is 5.56 Å². The SMILES string of the molecule is CNCC1CN(C)C(C)(C)CN1Cc1cccnc1. The summed E-state index contributed by atoms with van der Waals surface area (Å²) in [5.74, 6) is 0. The lowest BCUT2D eigenvalue weighted by molar-refractivity contribution is -0.00483. The first-order valence-corrected chi connectivity index (χ1v) is 7.02. The Morgan fingerprint density at radius 1 is 1.47 bits per heavy atom. The fraction of sp³-hybridized carbons (Fsp3) is 0.667. The van der Waals surface area contributed by atoms with Crippen molar-refractivity contribution in [3.05, 3.63) is 30.1 Å². The van der Waals surface area contributed by atoms with Crippen LogP contribution in [0.3, 0.4) is 0 Å². The van der Waals surface area contributed by atoms with Crippen LogP contribution in [0.5, 0.6) is 0 Å². The summed E-state index contributed by atoms with van der Waals surface area (Å²) in [5.41, 5.74) is 1.52. The van der Waals surface area contributed by atoms with Gasteiger partial charge in [0.25, 0.3) is 0 Å². The zero-order chi connectivity index (χ0) is 13.9. The van der Waals surface area contributed by atoms with E-state index in [1.807, 2.05) is 25.5 Å². The number of hydrogen-bond acceptors (Lipinski definition) is 4. The zero-order valence-corrected chi connectivity index (χ0v) is 12.6. The second-order valence-corrected chi connectivity index (χ2v) is 6.17. The molecule has 1 aliphatic rings. The van der Waals surface area contributed by atoms with Gasteiger partial charge < -0.3 is 5.32 Å². The van der Waals surface area contributed by atoms with E-state index in [1.54, 1.807) is 0 Å². The summed E-state index contributed by atoms with van der Waals surface area (Å²) < 4.78 is 0. The second kappa shape index (κ2) is 5.99. The van der Waals surface area contributed by atoms with Crippen LogP contribution in [0.4, 0.5) is 0 Å². The summed E-state index contributed by atoms with van der Waals surface area (Å²) in [4.78, 5) is 9.26. The second-order valence-electron chi connectivity index (χ2n) is 6.17. The number of piperazine rings is 1. The molecule has 1 aliphatic heterocycles. The van der Waals surface area contributed by atoms with Crippen molar-refractivity contribution in [2.45, 2.75) is 32.0 Å². The molecular formula is C15H26N4. The summed E-state index contributed by atoms with van der Waals surface area (Å²) in [6.07, 6.45) is 3.81. The highest BCUT2D eigenvalue weighted by Crippen LogP contribution is 2.24. The van der Waals surface area contributed by atoms with Crippen LogP contribution in [0.25, 0.3) is 0 Å². The Labute approximate surface area is 116 Å². The number of likely N-dealkylation sites (N-methyl/N-ethyl adjacent to an activating group) is 2. The van der Waals surface area contributed by atoms with Crippen molar-refractivity contribution in [2.24, 2.45) is 0 Å². The minimum Gasteiger partial charge on any atom is -0.318 e. The van der Waals surface area contributed by atoms with Crippen molar-refractivity contribution < 1.29 is 0 Å². The summed E-state index contributed by atoms with van der Waals surface area (Å²) in [5, 5.41) is 3.32. The van der Waals surface area contributed by atoms with Crippen LogP contribution in [0.1, 0.15) is 19.4 Å². The van der Waals surface area contributed by atoms with Gasteiger partial charge in [-0.3, -0.25) is 14.8 Å². The molecule has 2 rings (SSSR count). The van der Waals surface area contributed by atoms with Crippen molar-refractivity contribution in [1.82, 2.24) is 20.1 Å². The molecule has 4 heteroatoms. The highest BCUT2D eigenvalue weighted by atomic mass is 15.3. The highest BCUT2D eigenvalue weighted by molar-refractivity contribution is 5.09. The third-order valence-electron chi connectivity index (χ3n) is 4.17. The Kier molecular flexibility index (Phi) is 4.55. The minimum atomic E-state index is 0.229. The number of hydrogen-bond donors (Lipinski definition) is 1. The first-order valence-electron chi connectivity index (χ1n) is 7.02. The largest absolute Gasteiger partial charge is 0.318 e. The molecule has 19 heavy (non-hydrogen) atoms. The number of nitrogens with zero attached hydrogens (tertiary/aromatic N) is 3. The molecule has 1 fully saturated rings. The van der Waals surface area contributed by atoms with E-state index in [9.17, 15) is 0 Å². The normalized spacial score (nSPS) is 24.5. The van der Waals surface area contributed by atoms with E-state index in [-0.39, 0.29) is 5.54 Å². The first-order chi connectivity index (χ1) is 9.03. The van der Waals surface area contributed by atoms with Gasteiger partial charge in [-0.25, -0.2) is 0 Å². The molecule has 1 atom stereocenters. The van der Waals surface area contributed by atoms with E-state index < -0.39 is 0 Å². The van der Waals surface area contributed by atoms with Gasteiger partial charge in [-0.15, -0.1) is 0 Å². The lowest BCUT2D eigenvalue weighted by Crippen LogP contribution is -2.63. The third kappa shape index (κ3) is 3.53. The van der Waals surface area contributed by atoms with E-state index in [4.69, 9.17) is 0 Å². The molecule has 0 radical (unpaired) electrons. The fourth-order valence-electron chi connectivity index (χ4n) is 2.77. The molecule has 0 spiro atoms. The Hall–Kier alpha value is -0.970. The molecule has 0 aromatic carbocycles. The summed E-state index contributed by atoms with van der Waals surface area (Å²) in [6, 6.07) is 4.74. The van der Waals surface area contributed by atoms with E-state index in [0.717, 1.165) is 26.2 Å². The predicted octanol–water partition coefficient (Wildman–Crippen LogP) is 1.20. The predicted molar refractivity (Wildman–Crippen MR) is 79.1 cm³/mol. The van der Waals surface area contributed by atoms with Gasteiger partial charge in [0.2, 0.25) is 0 Å². The topological polar surface area (TPSA) is 31.4 Å². The van der Waals surface area contributed by atoms with Crippen molar-refractivity contribution in [1.29, 1.82) is 0 Å². The molecule has 1 aromatic heterocycles. The summed E-state index contributed by atoms with van der Waals surface area (Å²) in [6.45, 7) is 8.84. The maximum absolute atomic E-state index is 4.22.